The average Bonchev–Trinajstić information content (AvgIpc) is 2.73. The Bertz CT molecular complexity index is 959. The molecule has 32 heavy (non-hydrogen) atoms. The van der Waals surface area contributed by atoms with E-state index < -0.39 is 11.6 Å². The van der Waals surface area contributed by atoms with Gasteiger partial charge < -0.3 is 18.9 Å². The lowest BCUT2D eigenvalue weighted by Crippen LogP contribution is -2.22. The van der Waals surface area contributed by atoms with Crippen LogP contribution in [-0.4, -0.2) is 25.8 Å². The summed E-state index contributed by atoms with van der Waals surface area (Å²) in [7, 11) is 3.28. The number of allylic oxidation sites excluding steroid dienone is 2. The van der Waals surface area contributed by atoms with Crippen molar-refractivity contribution in [2.75, 3.05) is 14.2 Å². The summed E-state index contributed by atoms with van der Waals surface area (Å²) in [5, 5.41) is 0. The molecular weight excluding hydrogens is 404 g/mol. The molecule has 0 fully saturated rings. The number of hydrogen-bond donors (Lipinski definition) is 0. The van der Waals surface area contributed by atoms with Gasteiger partial charge in [-0.15, -0.1) is 0 Å². The van der Waals surface area contributed by atoms with Crippen molar-refractivity contribution in [2.45, 2.75) is 53.2 Å². The van der Waals surface area contributed by atoms with Gasteiger partial charge in [-0.3, -0.25) is 0 Å². The van der Waals surface area contributed by atoms with Crippen molar-refractivity contribution >= 4 is 12.0 Å². The predicted molar refractivity (Wildman–Crippen MR) is 128 cm³/mol. The molecule has 0 spiro atoms. The fraction of sp³-hybridized carbons (Fsp3) is 0.370. The molecule has 0 aliphatic carbocycles. The van der Waals surface area contributed by atoms with Gasteiger partial charge in [0.2, 0.25) is 0 Å². The first-order chi connectivity index (χ1) is 15.1. The van der Waals surface area contributed by atoms with E-state index in [1.807, 2.05) is 57.2 Å². The highest BCUT2D eigenvalue weighted by molar-refractivity contribution is 5.88. The van der Waals surface area contributed by atoms with Crippen LogP contribution in [0.4, 0.5) is 0 Å². The van der Waals surface area contributed by atoms with E-state index in [1.54, 1.807) is 20.3 Å². The van der Waals surface area contributed by atoms with Crippen LogP contribution in [0.1, 0.15) is 51.3 Å². The van der Waals surface area contributed by atoms with Gasteiger partial charge in [-0.05, 0) is 76.9 Å². The van der Waals surface area contributed by atoms with E-state index in [2.05, 4.69) is 19.9 Å². The minimum Gasteiger partial charge on any atom is -0.497 e. The van der Waals surface area contributed by atoms with Crippen molar-refractivity contribution in [3.8, 4) is 17.2 Å². The first kappa shape index (κ1) is 25.1. The zero-order chi connectivity index (χ0) is 23.7. The molecule has 0 saturated carbocycles. The number of rotatable bonds is 9. The number of benzene rings is 2. The van der Waals surface area contributed by atoms with Crippen LogP contribution in [0, 0.1) is 0 Å². The molecule has 0 radical (unpaired) electrons. The third kappa shape index (κ3) is 7.80. The number of ether oxygens (including phenoxy) is 4. The van der Waals surface area contributed by atoms with Gasteiger partial charge in [0.05, 0.1) is 14.2 Å². The Kier molecular flexibility index (Phi) is 8.94. The summed E-state index contributed by atoms with van der Waals surface area (Å²) < 4.78 is 22.5. The van der Waals surface area contributed by atoms with Crippen LogP contribution >= 0.6 is 0 Å². The third-order valence-electron chi connectivity index (χ3n) is 4.53. The van der Waals surface area contributed by atoms with Crippen molar-refractivity contribution < 1.29 is 23.7 Å². The second kappa shape index (κ2) is 11.4. The maximum absolute atomic E-state index is 12.2. The van der Waals surface area contributed by atoms with Gasteiger partial charge in [0, 0.05) is 17.2 Å². The summed E-state index contributed by atoms with van der Waals surface area (Å²) in [5.74, 6) is 1.81. The number of carbonyl (C=O) groups excluding carboxylic acids is 1. The Hall–Kier alpha value is -3.21. The van der Waals surface area contributed by atoms with Gasteiger partial charge in [0.25, 0.3) is 0 Å². The lowest BCUT2D eigenvalue weighted by Gasteiger charge is -2.19. The molecule has 2 aromatic carbocycles. The van der Waals surface area contributed by atoms with Crippen LogP contribution < -0.4 is 14.2 Å². The minimum atomic E-state index is -0.552. The largest absolute Gasteiger partial charge is 0.497 e. The van der Waals surface area contributed by atoms with Crippen molar-refractivity contribution in [3.05, 3.63) is 70.8 Å². The first-order valence-electron chi connectivity index (χ1n) is 10.6. The molecule has 0 aromatic heterocycles. The normalized spacial score (nSPS) is 11.2. The van der Waals surface area contributed by atoms with Crippen LogP contribution in [0.5, 0.6) is 17.2 Å². The molecule has 2 aromatic rings. The molecule has 0 unspecified atom stereocenters. The molecule has 5 heteroatoms. The standard InChI is InChI=1S/C27H34O5/c1-19(2)8-15-23-24(30-7)16-11-21(12-17-25(28)32-27(3,4)5)26(23)31-18-20-9-13-22(29-6)14-10-20/h8-14,16-17H,15,18H2,1-7H3. The second-order valence-corrected chi connectivity index (χ2v) is 8.65. The van der Waals surface area contributed by atoms with E-state index in [0.717, 1.165) is 28.2 Å². The molecule has 0 aliphatic heterocycles. The molecule has 0 aliphatic rings. The average molecular weight is 439 g/mol. The fourth-order valence-electron chi connectivity index (χ4n) is 2.99. The molecule has 5 nitrogen and oxygen atoms in total. The second-order valence-electron chi connectivity index (χ2n) is 8.65. The maximum Gasteiger partial charge on any atom is 0.331 e. The van der Waals surface area contributed by atoms with Crippen molar-refractivity contribution in [2.24, 2.45) is 0 Å². The van der Waals surface area contributed by atoms with Gasteiger partial charge in [0.15, 0.2) is 0 Å². The number of methoxy groups -OCH3 is 2. The van der Waals surface area contributed by atoms with Crippen molar-refractivity contribution in [1.29, 1.82) is 0 Å². The Morgan fingerprint density at radius 1 is 0.969 bits per heavy atom. The van der Waals surface area contributed by atoms with Crippen molar-refractivity contribution in [3.63, 3.8) is 0 Å². The Morgan fingerprint density at radius 2 is 1.66 bits per heavy atom. The molecule has 0 amide bonds. The van der Waals surface area contributed by atoms with Crippen LogP contribution in [-0.2, 0) is 22.6 Å². The van der Waals surface area contributed by atoms with Crippen LogP contribution in [0.2, 0.25) is 0 Å². The summed E-state index contributed by atoms with van der Waals surface area (Å²) in [6.07, 6.45) is 5.93. The summed E-state index contributed by atoms with van der Waals surface area (Å²) in [5.41, 5.74) is 3.35. The molecule has 0 saturated heterocycles. The smallest absolute Gasteiger partial charge is 0.331 e. The van der Waals surface area contributed by atoms with Crippen LogP contribution in [0.25, 0.3) is 6.08 Å². The zero-order valence-corrected chi connectivity index (χ0v) is 20.2. The quantitative estimate of drug-likeness (QED) is 0.267. The van der Waals surface area contributed by atoms with Gasteiger partial charge in [0.1, 0.15) is 29.5 Å². The highest BCUT2D eigenvalue weighted by atomic mass is 16.6. The summed E-state index contributed by atoms with van der Waals surface area (Å²) in [4.78, 5) is 12.2. The van der Waals surface area contributed by atoms with E-state index in [-0.39, 0.29) is 0 Å². The molecule has 0 atom stereocenters. The van der Waals surface area contributed by atoms with E-state index in [4.69, 9.17) is 18.9 Å². The summed E-state index contributed by atoms with van der Waals surface area (Å²) in [6, 6.07) is 11.5. The molecule has 0 N–H and O–H groups in total. The molecule has 172 valence electrons. The van der Waals surface area contributed by atoms with Gasteiger partial charge in [-0.1, -0.05) is 23.8 Å². The van der Waals surface area contributed by atoms with Crippen LogP contribution in [0.15, 0.2) is 54.1 Å². The van der Waals surface area contributed by atoms with E-state index in [1.165, 1.54) is 11.6 Å². The molecule has 2 rings (SSSR count). The van der Waals surface area contributed by atoms with E-state index in [0.29, 0.717) is 18.8 Å². The Labute approximate surface area is 191 Å². The van der Waals surface area contributed by atoms with Gasteiger partial charge in [-0.2, -0.15) is 0 Å². The first-order valence-corrected chi connectivity index (χ1v) is 10.6. The fourth-order valence-corrected chi connectivity index (χ4v) is 2.99. The van der Waals surface area contributed by atoms with Crippen molar-refractivity contribution in [1.82, 2.24) is 0 Å². The molecule has 0 bridgehead atoms. The summed E-state index contributed by atoms with van der Waals surface area (Å²) >= 11 is 0. The van der Waals surface area contributed by atoms with Gasteiger partial charge >= 0.3 is 5.97 Å². The zero-order valence-electron chi connectivity index (χ0n) is 20.2. The highest BCUT2D eigenvalue weighted by Gasteiger charge is 2.16. The lowest BCUT2D eigenvalue weighted by atomic mass is 10.0. The predicted octanol–water partition coefficient (Wildman–Crippen LogP) is 6.15. The van der Waals surface area contributed by atoms with Gasteiger partial charge in [-0.25, -0.2) is 4.79 Å². The van der Waals surface area contributed by atoms with E-state index in [9.17, 15) is 4.79 Å². The third-order valence-corrected chi connectivity index (χ3v) is 4.53. The minimum absolute atomic E-state index is 0.367. The monoisotopic (exact) mass is 438 g/mol. The number of esters is 1. The number of carbonyl (C=O) groups is 1. The topological polar surface area (TPSA) is 54.0 Å². The Balaban J connectivity index is 2.41. The Morgan fingerprint density at radius 3 is 2.22 bits per heavy atom. The number of hydrogen-bond acceptors (Lipinski definition) is 5. The highest BCUT2D eigenvalue weighted by Crippen LogP contribution is 2.35. The molecular formula is C27H34O5. The molecule has 0 heterocycles. The lowest BCUT2D eigenvalue weighted by molar-refractivity contribution is -0.148. The summed E-state index contributed by atoms with van der Waals surface area (Å²) in [6.45, 7) is 9.99. The van der Waals surface area contributed by atoms with E-state index >= 15 is 0 Å². The maximum atomic E-state index is 12.2. The van der Waals surface area contributed by atoms with Crippen LogP contribution in [0.3, 0.4) is 0 Å². The SMILES string of the molecule is COc1ccc(COc2c(C=CC(=O)OC(C)(C)C)ccc(OC)c2CC=C(C)C)cc1.